The zero-order valence-corrected chi connectivity index (χ0v) is 16.1. The molecule has 1 atom stereocenters. The number of nitrogens with zero attached hydrogens (tertiary/aromatic N) is 3. The summed E-state index contributed by atoms with van der Waals surface area (Å²) in [6, 6.07) is 10.0. The Hall–Kier alpha value is -3.03. The molecule has 1 aromatic carbocycles. The van der Waals surface area contributed by atoms with E-state index in [1.807, 2.05) is 6.92 Å². The van der Waals surface area contributed by atoms with Crippen LogP contribution in [0.15, 0.2) is 64.0 Å². The summed E-state index contributed by atoms with van der Waals surface area (Å²) in [7, 11) is 0. The molecule has 0 aliphatic rings. The van der Waals surface area contributed by atoms with Gasteiger partial charge in [-0.2, -0.15) is 5.10 Å². The van der Waals surface area contributed by atoms with Crippen LogP contribution in [0.2, 0.25) is 10.0 Å². The summed E-state index contributed by atoms with van der Waals surface area (Å²) >= 11 is 12.5. The minimum absolute atomic E-state index is 0.126. The van der Waals surface area contributed by atoms with E-state index in [1.165, 1.54) is 18.5 Å². The fraction of sp³-hybridized carbons (Fsp3) is 0.105. The monoisotopic (exact) mass is 416 g/mol. The van der Waals surface area contributed by atoms with Gasteiger partial charge in [0.2, 0.25) is 5.76 Å². The van der Waals surface area contributed by atoms with E-state index in [2.05, 4.69) is 15.6 Å². The number of furan rings is 1. The van der Waals surface area contributed by atoms with Gasteiger partial charge in [-0.3, -0.25) is 9.48 Å². The quantitative estimate of drug-likeness (QED) is 0.476. The average molecular weight is 417 g/mol. The van der Waals surface area contributed by atoms with Crippen LogP contribution in [-0.4, -0.2) is 20.8 Å². The van der Waals surface area contributed by atoms with E-state index >= 15 is 0 Å². The maximum Gasteiger partial charge on any atom is 0.277 e. The molecular formula is C19H14Cl2N4O3. The van der Waals surface area contributed by atoms with Crippen molar-refractivity contribution in [3.05, 3.63) is 76.4 Å². The molecule has 0 fully saturated rings. The van der Waals surface area contributed by atoms with Crippen molar-refractivity contribution in [1.29, 1.82) is 0 Å². The molecule has 0 radical (unpaired) electrons. The van der Waals surface area contributed by atoms with E-state index in [1.54, 1.807) is 41.2 Å². The van der Waals surface area contributed by atoms with E-state index in [4.69, 9.17) is 32.1 Å². The van der Waals surface area contributed by atoms with Crippen molar-refractivity contribution in [2.75, 3.05) is 5.32 Å². The molecule has 7 nitrogen and oxygen atoms in total. The van der Waals surface area contributed by atoms with Crippen LogP contribution in [0.5, 0.6) is 0 Å². The van der Waals surface area contributed by atoms with Gasteiger partial charge in [0.25, 0.3) is 5.91 Å². The fourth-order valence-electron chi connectivity index (χ4n) is 2.77. The van der Waals surface area contributed by atoms with Gasteiger partial charge < -0.3 is 14.3 Å². The predicted molar refractivity (Wildman–Crippen MR) is 105 cm³/mol. The molecular weight excluding hydrogens is 403 g/mol. The van der Waals surface area contributed by atoms with Gasteiger partial charge in [-0.05, 0) is 31.2 Å². The predicted octanol–water partition coefficient (Wildman–Crippen LogP) is 5.30. The first-order chi connectivity index (χ1) is 13.5. The second-order valence-electron chi connectivity index (χ2n) is 6.03. The van der Waals surface area contributed by atoms with Gasteiger partial charge in [0.15, 0.2) is 11.5 Å². The van der Waals surface area contributed by atoms with E-state index in [-0.39, 0.29) is 11.7 Å². The summed E-state index contributed by atoms with van der Waals surface area (Å²) < 4.78 is 12.0. The van der Waals surface area contributed by atoms with Crippen molar-refractivity contribution in [1.82, 2.24) is 14.9 Å². The number of aromatic nitrogens is 3. The topological polar surface area (TPSA) is 86.1 Å². The number of benzene rings is 1. The minimum Gasteiger partial charge on any atom is -0.461 e. The third-order valence-electron chi connectivity index (χ3n) is 4.18. The lowest BCUT2D eigenvalue weighted by Crippen LogP contribution is -2.12. The van der Waals surface area contributed by atoms with Crippen LogP contribution in [0, 0.1) is 0 Å². The highest BCUT2D eigenvalue weighted by molar-refractivity contribution is 6.36. The third kappa shape index (κ3) is 3.54. The molecule has 3 aromatic heterocycles. The van der Waals surface area contributed by atoms with Gasteiger partial charge in [-0.15, -0.1) is 0 Å². The zero-order chi connectivity index (χ0) is 19.7. The molecule has 4 aromatic rings. The second kappa shape index (κ2) is 7.53. The molecule has 28 heavy (non-hydrogen) atoms. The van der Waals surface area contributed by atoms with Crippen LogP contribution in [0.3, 0.4) is 0 Å². The smallest absolute Gasteiger partial charge is 0.277 e. The molecule has 142 valence electrons. The van der Waals surface area contributed by atoms with Crippen LogP contribution < -0.4 is 5.32 Å². The molecule has 0 saturated carbocycles. The SMILES string of the molecule is C[C@H](c1c(Cl)cccc1Cl)n1cc(NC(=O)c2cc(-c3ccco3)on2)cn1. The van der Waals surface area contributed by atoms with Gasteiger partial charge in [-0.25, -0.2) is 0 Å². The molecule has 9 heteroatoms. The Morgan fingerprint density at radius 3 is 2.68 bits per heavy atom. The van der Waals surface area contributed by atoms with Gasteiger partial charge in [0.05, 0.1) is 24.2 Å². The Morgan fingerprint density at radius 2 is 1.96 bits per heavy atom. The zero-order valence-electron chi connectivity index (χ0n) is 14.6. The Morgan fingerprint density at radius 1 is 1.18 bits per heavy atom. The van der Waals surface area contributed by atoms with Crippen LogP contribution >= 0.6 is 23.2 Å². The molecule has 1 N–H and O–H groups in total. The van der Waals surface area contributed by atoms with E-state index in [9.17, 15) is 4.79 Å². The maximum absolute atomic E-state index is 12.4. The molecule has 4 rings (SSSR count). The lowest BCUT2D eigenvalue weighted by atomic mass is 10.1. The van der Waals surface area contributed by atoms with Gasteiger partial charge >= 0.3 is 0 Å². The van der Waals surface area contributed by atoms with E-state index in [0.717, 1.165) is 5.56 Å². The van der Waals surface area contributed by atoms with Crippen molar-refractivity contribution < 1.29 is 13.7 Å². The first kappa shape index (κ1) is 18.3. The maximum atomic E-state index is 12.4. The second-order valence-corrected chi connectivity index (χ2v) is 6.84. The van der Waals surface area contributed by atoms with Gasteiger partial charge in [-0.1, -0.05) is 34.4 Å². The number of halogens is 2. The Labute approximate surface area is 169 Å². The molecule has 0 aliphatic heterocycles. The number of anilines is 1. The lowest BCUT2D eigenvalue weighted by Gasteiger charge is -2.15. The average Bonchev–Trinajstić information content (AvgIpc) is 3.42. The number of carbonyl (C=O) groups is 1. The number of hydrogen-bond acceptors (Lipinski definition) is 5. The summed E-state index contributed by atoms with van der Waals surface area (Å²) in [6.07, 6.45) is 4.74. The van der Waals surface area contributed by atoms with Gasteiger partial charge in [0, 0.05) is 27.9 Å². The standard InChI is InChI=1S/C19H14Cl2N4O3/c1-11(18-13(20)4-2-5-14(18)21)25-10-12(9-22-25)23-19(26)15-8-17(28-24-15)16-6-3-7-27-16/h2-11H,1H3,(H,23,26)/t11-/m1/s1. The number of carbonyl (C=O) groups excluding carboxylic acids is 1. The van der Waals surface area contributed by atoms with Crippen molar-refractivity contribution in [3.8, 4) is 11.5 Å². The molecule has 3 heterocycles. The van der Waals surface area contributed by atoms with Crippen LogP contribution in [0.1, 0.15) is 29.0 Å². The first-order valence-electron chi connectivity index (χ1n) is 8.33. The van der Waals surface area contributed by atoms with Crippen molar-refractivity contribution in [3.63, 3.8) is 0 Å². The number of rotatable bonds is 5. The Balaban J connectivity index is 1.50. The number of nitrogens with one attached hydrogen (secondary N) is 1. The minimum atomic E-state index is -0.426. The van der Waals surface area contributed by atoms with Crippen molar-refractivity contribution in [2.45, 2.75) is 13.0 Å². The first-order valence-corrected chi connectivity index (χ1v) is 9.08. The molecule has 1 amide bonds. The largest absolute Gasteiger partial charge is 0.461 e. The summed E-state index contributed by atoms with van der Waals surface area (Å²) in [5.74, 6) is 0.433. The van der Waals surface area contributed by atoms with Crippen LogP contribution in [0.4, 0.5) is 5.69 Å². The highest BCUT2D eigenvalue weighted by Crippen LogP contribution is 2.32. The highest BCUT2D eigenvalue weighted by Gasteiger charge is 2.19. The normalized spacial score (nSPS) is 12.1. The highest BCUT2D eigenvalue weighted by atomic mass is 35.5. The fourth-order valence-corrected chi connectivity index (χ4v) is 3.48. The Kier molecular flexibility index (Phi) is 4.93. The summed E-state index contributed by atoms with van der Waals surface area (Å²) in [6.45, 7) is 1.92. The summed E-state index contributed by atoms with van der Waals surface area (Å²) in [5, 5.41) is 11.9. The van der Waals surface area contributed by atoms with E-state index < -0.39 is 5.91 Å². The number of amides is 1. The molecule has 0 bridgehead atoms. The number of hydrogen-bond donors (Lipinski definition) is 1. The molecule has 0 unspecified atom stereocenters. The third-order valence-corrected chi connectivity index (χ3v) is 4.84. The van der Waals surface area contributed by atoms with Crippen LogP contribution in [-0.2, 0) is 0 Å². The van der Waals surface area contributed by atoms with Crippen molar-refractivity contribution >= 4 is 34.8 Å². The van der Waals surface area contributed by atoms with Gasteiger partial charge in [0.1, 0.15) is 0 Å². The van der Waals surface area contributed by atoms with E-state index in [0.29, 0.717) is 27.3 Å². The summed E-state index contributed by atoms with van der Waals surface area (Å²) in [5.41, 5.74) is 1.38. The molecule has 0 spiro atoms. The Bertz CT molecular complexity index is 1100. The van der Waals surface area contributed by atoms with Crippen LogP contribution in [0.25, 0.3) is 11.5 Å². The van der Waals surface area contributed by atoms with Crippen molar-refractivity contribution in [2.24, 2.45) is 0 Å². The summed E-state index contributed by atoms with van der Waals surface area (Å²) in [4.78, 5) is 12.4. The lowest BCUT2D eigenvalue weighted by molar-refractivity contribution is 0.101. The molecule has 0 saturated heterocycles. The molecule has 0 aliphatic carbocycles.